The Hall–Kier alpha value is -2.52. The highest BCUT2D eigenvalue weighted by atomic mass is 35.5. The number of amides is 1. The second-order valence-corrected chi connectivity index (χ2v) is 10.5. The average Bonchev–Trinajstić information content (AvgIpc) is 3.23. The van der Waals surface area contributed by atoms with Crippen molar-refractivity contribution in [2.45, 2.75) is 44.2 Å². The summed E-state index contributed by atoms with van der Waals surface area (Å²) in [4.78, 5) is 16.3. The summed E-state index contributed by atoms with van der Waals surface area (Å²) in [6.07, 6.45) is 4.64. The SMILES string of the molecule is COc1cc(CN2CCOC[C@](O)(COc3cccc(Cl)c3)C2)ccc1OCCCN1CCCCCC1=O. The predicted molar refractivity (Wildman–Crippen MR) is 146 cm³/mol. The van der Waals surface area contributed by atoms with Gasteiger partial charge in [-0.3, -0.25) is 9.69 Å². The number of carbonyl (C=O) groups is 1. The summed E-state index contributed by atoms with van der Waals surface area (Å²) < 4.78 is 23.1. The highest BCUT2D eigenvalue weighted by molar-refractivity contribution is 6.30. The third kappa shape index (κ3) is 8.50. The summed E-state index contributed by atoms with van der Waals surface area (Å²) in [6, 6.07) is 13.1. The van der Waals surface area contributed by atoms with Crippen LogP contribution in [0.15, 0.2) is 42.5 Å². The number of hydrogen-bond donors (Lipinski definition) is 1. The molecule has 38 heavy (non-hydrogen) atoms. The van der Waals surface area contributed by atoms with E-state index in [0.29, 0.717) is 61.5 Å². The maximum atomic E-state index is 12.2. The van der Waals surface area contributed by atoms with Crippen LogP contribution in [-0.2, 0) is 16.1 Å². The fourth-order valence-corrected chi connectivity index (χ4v) is 5.07. The number of carbonyl (C=O) groups excluding carboxylic acids is 1. The molecular formula is C29H39ClN2O6. The number of nitrogens with zero attached hydrogens (tertiary/aromatic N) is 2. The van der Waals surface area contributed by atoms with Crippen molar-refractivity contribution in [3.63, 3.8) is 0 Å². The average molecular weight is 547 g/mol. The van der Waals surface area contributed by atoms with Gasteiger partial charge in [0.25, 0.3) is 0 Å². The fourth-order valence-electron chi connectivity index (χ4n) is 4.89. The second kappa shape index (κ2) is 14.0. The van der Waals surface area contributed by atoms with Gasteiger partial charge in [-0.15, -0.1) is 0 Å². The van der Waals surface area contributed by atoms with E-state index in [2.05, 4.69) is 4.90 Å². The molecule has 2 heterocycles. The Morgan fingerprint density at radius 2 is 1.97 bits per heavy atom. The third-order valence-corrected chi connectivity index (χ3v) is 7.11. The molecule has 2 aromatic carbocycles. The number of ether oxygens (including phenoxy) is 4. The van der Waals surface area contributed by atoms with E-state index in [0.717, 1.165) is 44.3 Å². The molecule has 1 amide bonds. The van der Waals surface area contributed by atoms with Crippen LogP contribution in [0.2, 0.25) is 5.02 Å². The van der Waals surface area contributed by atoms with Crippen molar-refractivity contribution in [3.8, 4) is 17.2 Å². The molecule has 0 radical (unpaired) electrons. The van der Waals surface area contributed by atoms with Crippen molar-refractivity contribution in [1.29, 1.82) is 0 Å². The highest BCUT2D eigenvalue weighted by Gasteiger charge is 2.33. The van der Waals surface area contributed by atoms with E-state index in [1.807, 2.05) is 35.2 Å². The normalized spacial score (nSPS) is 21.0. The molecule has 0 bridgehead atoms. The van der Waals surface area contributed by atoms with Gasteiger partial charge in [-0.1, -0.05) is 30.2 Å². The lowest BCUT2D eigenvalue weighted by Crippen LogP contribution is -2.48. The van der Waals surface area contributed by atoms with Crippen LogP contribution in [0.4, 0.5) is 0 Å². The van der Waals surface area contributed by atoms with Crippen molar-refractivity contribution in [2.75, 3.05) is 59.7 Å². The van der Waals surface area contributed by atoms with Gasteiger partial charge in [-0.25, -0.2) is 0 Å². The van der Waals surface area contributed by atoms with E-state index in [4.69, 9.17) is 30.5 Å². The summed E-state index contributed by atoms with van der Waals surface area (Å²) in [5.41, 5.74) is -0.106. The van der Waals surface area contributed by atoms with Crippen molar-refractivity contribution in [2.24, 2.45) is 0 Å². The van der Waals surface area contributed by atoms with E-state index in [1.165, 1.54) is 0 Å². The van der Waals surface area contributed by atoms with Gasteiger partial charge in [0.2, 0.25) is 5.91 Å². The van der Waals surface area contributed by atoms with Gasteiger partial charge < -0.3 is 29.0 Å². The van der Waals surface area contributed by atoms with Crippen LogP contribution in [0, 0.1) is 0 Å². The van der Waals surface area contributed by atoms with E-state index in [9.17, 15) is 9.90 Å². The molecular weight excluding hydrogens is 508 g/mol. The van der Waals surface area contributed by atoms with Gasteiger partial charge in [-0.2, -0.15) is 0 Å². The molecule has 2 fully saturated rings. The van der Waals surface area contributed by atoms with Gasteiger partial charge in [0.15, 0.2) is 11.5 Å². The smallest absolute Gasteiger partial charge is 0.222 e. The van der Waals surface area contributed by atoms with Gasteiger partial charge in [0.05, 0.1) is 26.9 Å². The molecule has 0 unspecified atom stereocenters. The minimum Gasteiger partial charge on any atom is -0.493 e. The Balaban J connectivity index is 1.29. The van der Waals surface area contributed by atoms with Crippen molar-refractivity contribution in [3.05, 3.63) is 53.1 Å². The molecule has 2 aliphatic heterocycles. The van der Waals surface area contributed by atoms with E-state index in [-0.39, 0.29) is 19.1 Å². The molecule has 0 saturated carbocycles. The Kier molecular flexibility index (Phi) is 10.5. The first-order valence-electron chi connectivity index (χ1n) is 13.4. The van der Waals surface area contributed by atoms with Crippen molar-refractivity contribution < 1.29 is 28.8 Å². The van der Waals surface area contributed by atoms with Crippen LogP contribution in [0.1, 0.15) is 37.7 Å². The zero-order chi connectivity index (χ0) is 26.8. The lowest BCUT2D eigenvalue weighted by molar-refractivity contribution is -0.130. The standard InChI is InChI=1S/C29H39ClN2O6/c1-35-27-17-23(10-11-26(27)37-15-6-13-32-12-4-2-3-9-28(32)33)19-31-14-16-36-21-29(34,20-31)22-38-25-8-5-7-24(30)18-25/h5,7-8,10-11,17-18,34H,2-4,6,9,12-16,19-22H2,1H3/t29-/m0/s1. The van der Waals surface area contributed by atoms with Crippen LogP contribution in [-0.4, -0.2) is 86.1 Å². The number of likely N-dealkylation sites (tertiary alicyclic amines) is 1. The largest absolute Gasteiger partial charge is 0.493 e. The minimum absolute atomic E-state index is 0.100. The lowest BCUT2D eigenvalue weighted by Gasteiger charge is -2.30. The summed E-state index contributed by atoms with van der Waals surface area (Å²) in [7, 11) is 1.63. The Morgan fingerprint density at radius 3 is 2.82 bits per heavy atom. The quantitative estimate of drug-likeness (QED) is 0.424. The summed E-state index contributed by atoms with van der Waals surface area (Å²) in [5.74, 6) is 2.22. The summed E-state index contributed by atoms with van der Waals surface area (Å²) in [5, 5.41) is 11.8. The zero-order valence-corrected chi connectivity index (χ0v) is 23.0. The maximum absolute atomic E-state index is 12.2. The van der Waals surface area contributed by atoms with E-state index < -0.39 is 5.60 Å². The third-order valence-electron chi connectivity index (χ3n) is 6.88. The van der Waals surface area contributed by atoms with Crippen LogP contribution in [0.25, 0.3) is 0 Å². The number of halogens is 1. The number of benzene rings is 2. The van der Waals surface area contributed by atoms with Gasteiger partial charge in [0, 0.05) is 44.2 Å². The maximum Gasteiger partial charge on any atom is 0.222 e. The van der Waals surface area contributed by atoms with Crippen LogP contribution in [0.3, 0.4) is 0 Å². The molecule has 2 aromatic rings. The van der Waals surface area contributed by atoms with E-state index in [1.54, 1.807) is 19.2 Å². The number of hydrogen-bond acceptors (Lipinski definition) is 7. The molecule has 208 valence electrons. The first-order chi connectivity index (χ1) is 18.4. The van der Waals surface area contributed by atoms with Gasteiger partial charge in [0.1, 0.15) is 18.0 Å². The van der Waals surface area contributed by atoms with Crippen molar-refractivity contribution >= 4 is 17.5 Å². The molecule has 8 nitrogen and oxygen atoms in total. The molecule has 0 spiro atoms. The molecule has 2 saturated heterocycles. The molecule has 4 rings (SSSR count). The number of β-amino-alcohol motifs (C(OH)–C–C–N with tert-alkyl or cyclic N) is 1. The Morgan fingerprint density at radius 1 is 1.08 bits per heavy atom. The summed E-state index contributed by atoms with van der Waals surface area (Å²) in [6.45, 7) is 4.63. The number of methoxy groups -OCH3 is 1. The number of aliphatic hydroxyl groups is 1. The molecule has 2 aliphatic rings. The molecule has 9 heteroatoms. The summed E-state index contributed by atoms with van der Waals surface area (Å²) >= 11 is 6.05. The molecule has 1 N–H and O–H groups in total. The monoisotopic (exact) mass is 546 g/mol. The van der Waals surface area contributed by atoms with Crippen LogP contribution >= 0.6 is 11.6 Å². The minimum atomic E-state index is -1.15. The second-order valence-electron chi connectivity index (χ2n) is 10.1. The first kappa shape index (κ1) is 28.5. The topological polar surface area (TPSA) is 80.7 Å². The first-order valence-corrected chi connectivity index (χ1v) is 13.8. The van der Waals surface area contributed by atoms with Crippen LogP contribution in [0.5, 0.6) is 17.2 Å². The van der Waals surface area contributed by atoms with E-state index >= 15 is 0 Å². The highest BCUT2D eigenvalue weighted by Crippen LogP contribution is 2.29. The molecule has 1 atom stereocenters. The molecule has 0 aromatic heterocycles. The van der Waals surface area contributed by atoms with Gasteiger partial charge in [-0.05, 0) is 55.2 Å². The number of rotatable bonds is 11. The van der Waals surface area contributed by atoms with Crippen LogP contribution < -0.4 is 14.2 Å². The van der Waals surface area contributed by atoms with Gasteiger partial charge >= 0.3 is 0 Å². The Bertz CT molecular complexity index is 1050. The fraction of sp³-hybridized carbons (Fsp3) is 0.552. The lowest BCUT2D eigenvalue weighted by atomic mass is 10.1. The molecule has 0 aliphatic carbocycles. The predicted octanol–water partition coefficient (Wildman–Crippen LogP) is 4.16. The van der Waals surface area contributed by atoms with Crippen molar-refractivity contribution in [1.82, 2.24) is 9.80 Å². The zero-order valence-electron chi connectivity index (χ0n) is 22.2. The Labute approximate surface area is 230 Å².